The molecule has 1 aliphatic heterocycles. The molecule has 0 saturated carbocycles. The molecule has 1 amide bonds. The van der Waals surface area contributed by atoms with Crippen LogP contribution in [0.3, 0.4) is 0 Å². The summed E-state index contributed by atoms with van der Waals surface area (Å²) >= 11 is 3.90. The average Bonchev–Trinajstić information content (AvgIpc) is 3.14. The molecule has 2 aromatic rings. The second kappa shape index (κ2) is 6.91. The number of rotatable bonds is 3. The molecule has 114 valence electrons. The minimum Gasteiger partial charge on any atom is -0.332 e. The van der Waals surface area contributed by atoms with Crippen LogP contribution < -0.4 is 0 Å². The molecule has 1 aliphatic rings. The van der Waals surface area contributed by atoms with E-state index in [0.717, 1.165) is 30.1 Å². The minimum atomic E-state index is 0.0757. The van der Waals surface area contributed by atoms with E-state index in [0.29, 0.717) is 0 Å². The molecule has 0 aliphatic carbocycles. The fourth-order valence-corrected chi connectivity index (χ4v) is 3.71. The maximum Gasteiger partial charge on any atom is 0.247 e. The van der Waals surface area contributed by atoms with Gasteiger partial charge in [0, 0.05) is 21.6 Å². The van der Waals surface area contributed by atoms with Gasteiger partial charge in [-0.3, -0.25) is 4.79 Å². The average molecular weight is 424 g/mol. The van der Waals surface area contributed by atoms with Gasteiger partial charge in [-0.1, -0.05) is 12.1 Å². The van der Waals surface area contributed by atoms with Crippen molar-refractivity contribution in [2.24, 2.45) is 0 Å². The maximum atomic E-state index is 12.5. The number of aryl methyl sites for hydroxylation is 1. The van der Waals surface area contributed by atoms with Crippen LogP contribution in [0.4, 0.5) is 0 Å². The zero-order chi connectivity index (χ0) is 15.5. The van der Waals surface area contributed by atoms with E-state index < -0.39 is 0 Å². The lowest BCUT2D eigenvalue weighted by Crippen LogP contribution is -2.28. The van der Waals surface area contributed by atoms with Crippen LogP contribution in [0.1, 0.15) is 35.1 Å². The Kier molecular flexibility index (Phi) is 4.93. The van der Waals surface area contributed by atoms with Crippen molar-refractivity contribution in [2.75, 3.05) is 6.54 Å². The minimum absolute atomic E-state index is 0.0757. The van der Waals surface area contributed by atoms with E-state index in [-0.39, 0.29) is 11.9 Å². The monoisotopic (exact) mass is 424 g/mol. The zero-order valence-electron chi connectivity index (χ0n) is 12.3. The lowest BCUT2D eigenvalue weighted by molar-refractivity contribution is -0.126. The van der Waals surface area contributed by atoms with Crippen molar-refractivity contribution in [3.05, 3.63) is 55.6 Å². The van der Waals surface area contributed by atoms with Crippen LogP contribution in [-0.4, -0.2) is 22.3 Å². The van der Waals surface area contributed by atoms with Crippen LogP contribution in [0, 0.1) is 10.5 Å². The third-order valence-electron chi connectivity index (χ3n) is 3.82. The molecule has 3 nitrogen and oxygen atoms in total. The smallest absolute Gasteiger partial charge is 0.247 e. The molecule has 1 atom stereocenters. The number of carbonyl (C=O) groups is 1. The van der Waals surface area contributed by atoms with E-state index in [1.54, 1.807) is 17.4 Å². The SMILES string of the molecule is Cc1nc(/C=C/C(=O)N2CCC[C@H]2c2ccc(I)cc2)cs1. The molecule has 1 fully saturated rings. The first kappa shape index (κ1) is 15.7. The van der Waals surface area contributed by atoms with Gasteiger partial charge in [-0.05, 0) is 66.1 Å². The fourth-order valence-electron chi connectivity index (χ4n) is 2.77. The van der Waals surface area contributed by atoms with E-state index in [1.165, 1.54) is 9.13 Å². The van der Waals surface area contributed by atoms with Crippen molar-refractivity contribution in [1.82, 2.24) is 9.88 Å². The largest absolute Gasteiger partial charge is 0.332 e. The lowest BCUT2D eigenvalue weighted by atomic mass is 10.0. The Bertz CT molecular complexity index is 693. The van der Waals surface area contributed by atoms with Crippen molar-refractivity contribution >= 4 is 45.9 Å². The molecule has 0 spiro atoms. The van der Waals surface area contributed by atoms with Crippen LogP contribution in [0.15, 0.2) is 35.7 Å². The van der Waals surface area contributed by atoms with E-state index in [9.17, 15) is 4.79 Å². The standard InChI is InChI=1S/C17H17IN2OS/c1-12-19-15(11-22-12)8-9-17(21)20-10-2-3-16(20)13-4-6-14(18)7-5-13/h4-9,11,16H,2-3,10H2,1H3/b9-8+/t16-/m0/s1. The Morgan fingerprint density at radius 1 is 1.41 bits per heavy atom. The number of thiazole rings is 1. The second-order valence-electron chi connectivity index (χ2n) is 5.37. The van der Waals surface area contributed by atoms with Gasteiger partial charge in [0.25, 0.3) is 0 Å². The van der Waals surface area contributed by atoms with Crippen LogP contribution >= 0.6 is 33.9 Å². The molecule has 1 saturated heterocycles. The number of hydrogen-bond donors (Lipinski definition) is 0. The molecule has 0 bridgehead atoms. The maximum absolute atomic E-state index is 12.5. The van der Waals surface area contributed by atoms with E-state index in [2.05, 4.69) is 51.8 Å². The topological polar surface area (TPSA) is 33.2 Å². The summed E-state index contributed by atoms with van der Waals surface area (Å²) in [6.07, 6.45) is 5.57. The summed E-state index contributed by atoms with van der Waals surface area (Å²) < 4.78 is 1.22. The number of benzene rings is 1. The van der Waals surface area contributed by atoms with Gasteiger partial charge in [-0.15, -0.1) is 11.3 Å². The summed E-state index contributed by atoms with van der Waals surface area (Å²) in [5, 5.41) is 2.99. The van der Waals surface area contributed by atoms with Crippen LogP contribution in [0.25, 0.3) is 6.08 Å². The molecular formula is C17H17IN2OS. The van der Waals surface area contributed by atoms with Gasteiger partial charge in [0.1, 0.15) is 0 Å². The highest BCUT2D eigenvalue weighted by molar-refractivity contribution is 14.1. The summed E-state index contributed by atoms with van der Waals surface area (Å²) in [6, 6.07) is 8.67. The summed E-state index contributed by atoms with van der Waals surface area (Å²) in [4.78, 5) is 18.8. The number of aromatic nitrogens is 1. The molecule has 1 aromatic carbocycles. The van der Waals surface area contributed by atoms with Crippen molar-refractivity contribution < 1.29 is 4.79 Å². The zero-order valence-corrected chi connectivity index (χ0v) is 15.3. The predicted octanol–water partition coefficient (Wildman–Crippen LogP) is 4.43. The Hall–Kier alpha value is -1.21. The molecule has 2 heterocycles. The van der Waals surface area contributed by atoms with Gasteiger partial charge in [-0.2, -0.15) is 0 Å². The fraction of sp³-hybridized carbons (Fsp3) is 0.294. The quantitative estimate of drug-likeness (QED) is 0.540. The predicted molar refractivity (Wildman–Crippen MR) is 98.7 cm³/mol. The third-order valence-corrected chi connectivity index (χ3v) is 5.34. The van der Waals surface area contributed by atoms with Gasteiger partial charge in [0.05, 0.1) is 16.7 Å². The van der Waals surface area contributed by atoms with Gasteiger partial charge in [0.2, 0.25) is 5.91 Å². The highest BCUT2D eigenvalue weighted by Gasteiger charge is 2.28. The van der Waals surface area contributed by atoms with Gasteiger partial charge in [0.15, 0.2) is 0 Å². The van der Waals surface area contributed by atoms with Crippen molar-refractivity contribution in [2.45, 2.75) is 25.8 Å². The molecule has 0 unspecified atom stereocenters. The number of nitrogens with zero attached hydrogens (tertiary/aromatic N) is 2. The summed E-state index contributed by atoms with van der Waals surface area (Å²) in [6.45, 7) is 2.80. The first-order valence-corrected chi connectivity index (χ1v) is 9.25. The molecule has 0 N–H and O–H groups in total. The normalized spacial score (nSPS) is 18.3. The second-order valence-corrected chi connectivity index (χ2v) is 7.67. The molecule has 0 radical (unpaired) electrons. The van der Waals surface area contributed by atoms with Crippen LogP contribution in [-0.2, 0) is 4.79 Å². The molecule has 1 aromatic heterocycles. The third kappa shape index (κ3) is 3.57. The highest BCUT2D eigenvalue weighted by Crippen LogP contribution is 2.32. The highest BCUT2D eigenvalue weighted by atomic mass is 127. The number of likely N-dealkylation sites (tertiary alicyclic amines) is 1. The first-order valence-electron chi connectivity index (χ1n) is 7.30. The Morgan fingerprint density at radius 2 is 2.18 bits per heavy atom. The van der Waals surface area contributed by atoms with Crippen LogP contribution in [0.5, 0.6) is 0 Å². The summed E-state index contributed by atoms with van der Waals surface area (Å²) in [7, 11) is 0. The number of hydrogen-bond acceptors (Lipinski definition) is 3. The lowest BCUT2D eigenvalue weighted by Gasteiger charge is -2.23. The molecule has 22 heavy (non-hydrogen) atoms. The molecular weight excluding hydrogens is 407 g/mol. The number of amides is 1. The number of carbonyl (C=O) groups excluding carboxylic acids is 1. The van der Waals surface area contributed by atoms with Crippen molar-refractivity contribution in [1.29, 1.82) is 0 Å². The number of halogens is 1. The van der Waals surface area contributed by atoms with Crippen LogP contribution in [0.2, 0.25) is 0 Å². The first-order chi connectivity index (χ1) is 10.6. The van der Waals surface area contributed by atoms with Crippen molar-refractivity contribution in [3.8, 4) is 0 Å². The van der Waals surface area contributed by atoms with E-state index in [4.69, 9.17) is 0 Å². The van der Waals surface area contributed by atoms with Gasteiger partial charge < -0.3 is 4.90 Å². The Labute approximate surface area is 148 Å². The van der Waals surface area contributed by atoms with Gasteiger partial charge >= 0.3 is 0 Å². The van der Waals surface area contributed by atoms with E-state index in [1.807, 2.05) is 23.3 Å². The summed E-state index contributed by atoms with van der Waals surface area (Å²) in [5.41, 5.74) is 2.09. The molecule has 5 heteroatoms. The molecule has 3 rings (SSSR count). The summed E-state index contributed by atoms with van der Waals surface area (Å²) in [5.74, 6) is 0.0757. The van der Waals surface area contributed by atoms with Gasteiger partial charge in [-0.25, -0.2) is 4.98 Å². The Morgan fingerprint density at radius 3 is 2.86 bits per heavy atom. The van der Waals surface area contributed by atoms with Crippen molar-refractivity contribution in [3.63, 3.8) is 0 Å². The van der Waals surface area contributed by atoms with E-state index >= 15 is 0 Å². The Balaban J connectivity index is 1.73.